The van der Waals surface area contributed by atoms with E-state index in [1.165, 1.54) is 11.3 Å². The van der Waals surface area contributed by atoms with Crippen molar-refractivity contribution in [2.24, 2.45) is 0 Å². The van der Waals surface area contributed by atoms with E-state index in [0.717, 1.165) is 15.6 Å². The number of thiophene rings is 1. The van der Waals surface area contributed by atoms with Crippen LogP contribution in [0.5, 0.6) is 0 Å². The summed E-state index contributed by atoms with van der Waals surface area (Å²) < 4.78 is 2.00. The molecule has 0 aliphatic rings. The van der Waals surface area contributed by atoms with Crippen molar-refractivity contribution in [2.75, 3.05) is 0 Å². The van der Waals surface area contributed by atoms with Gasteiger partial charge in [0.2, 0.25) is 0 Å². The van der Waals surface area contributed by atoms with E-state index in [1.54, 1.807) is 6.07 Å². The topological polar surface area (TPSA) is 20.2 Å². The van der Waals surface area contributed by atoms with Crippen LogP contribution in [-0.2, 0) is 0 Å². The number of rotatable bonds is 2. The monoisotopic (exact) mass is 350 g/mol. The van der Waals surface area contributed by atoms with Gasteiger partial charge in [-0.25, -0.2) is 0 Å². The van der Waals surface area contributed by atoms with Crippen LogP contribution in [0, 0.1) is 6.92 Å². The van der Waals surface area contributed by atoms with E-state index in [0.29, 0.717) is 14.2 Å². The fourth-order valence-electron chi connectivity index (χ4n) is 1.59. The molecule has 1 N–H and O–H groups in total. The fraction of sp³-hybridized carbons (Fsp3) is 0.167. The molecule has 0 aliphatic carbocycles. The van der Waals surface area contributed by atoms with E-state index in [1.807, 2.05) is 25.1 Å². The van der Waals surface area contributed by atoms with Crippen molar-refractivity contribution >= 4 is 50.5 Å². The summed E-state index contributed by atoms with van der Waals surface area (Å²) in [5.41, 5.74) is 2.51. The zero-order chi connectivity index (χ0) is 12.6. The molecule has 1 atom stereocenters. The SMILES string of the molecule is Cc1cccc(C(O)c2cc(Cl)sc2Cl)c1Br. The molecule has 1 heterocycles. The molecule has 1 unspecified atom stereocenters. The number of aliphatic hydroxyl groups is 1. The molecular formula is C12H9BrCl2OS. The summed E-state index contributed by atoms with van der Waals surface area (Å²) in [6.07, 6.45) is -0.763. The van der Waals surface area contributed by atoms with Gasteiger partial charge >= 0.3 is 0 Å². The summed E-state index contributed by atoms with van der Waals surface area (Å²) in [4.78, 5) is 0. The van der Waals surface area contributed by atoms with Crippen LogP contribution in [0.25, 0.3) is 0 Å². The first-order valence-corrected chi connectivity index (χ1v) is 7.25. The third-order valence-electron chi connectivity index (χ3n) is 2.49. The van der Waals surface area contributed by atoms with Crippen molar-refractivity contribution in [2.45, 2.75) is 13.0 Å². The number of hydrogen-bond acceptors (Lipinski definition) is 2. The minimum Gasteiger partial charge on any atom is -0.384 e. The first-order valence-electron chi connectivity index (χ1n) is 4.88. The lowest BCUT2D eigenvalue weighted by Crippen LogP contribution is -2.00. The molecule has 2 aromatic rings. The van der Waals surface area contributed by atoms with Gasteiger partial charge < -0.3 is 5.11 Å². The second kappa shape index (κ2) is 5.29. The highest BCUT2D eigenvalue weighted by Gasteiger charge is 2.19. The second-order valence-electron chi connectivity index (χ2n) is 3.66. The number of aryl methyl sites for hydroxylation is 1. The minimum absolute atomic E-state index is 0.524. The summed E-state index contributed by atoms with van der Waals surface area (Å²) >= 11 is 16.7. The van der Waals surface area contributed by atoms with Crippen LogP contribution in [0.3, 0.4) is 0 Å². The zero-order valence-corrected chi connectivity index (χ0v) is 12.8. The van der Waals surface area contributed by atoms with Gasteiger partial charge in [0.15, 0.2) is 0 Å². The molecular weight excluding hydrogens is 343 g/mol. The van der Waals surface area contributed by atoms with Crippen molar-refractivity contribution in [1.29, 1.82) is 0 Å². The summed E-state index contributed by atoms with van der Waals surface area (Å²) in [6, 6.07) is 7.45. The lowest BCUT2D eigenvalue weighted by atomic mass is 10.0. The molecule has 0 aliphatic heterocycles. The van der Waals surface area contributed by atoms with Crippen molar-refractivity contribution in [3.05, 3.63) is 54.1 Å². The zero-order valence-electron chi connectivity index (χ0n) is 8.88. The smallest absolute Gasteiger partial charge is 0.107 e. The van der Waals surface area contributed by atoms with Crippen molar-refractivity contribution < 1.29 is 5.11 Å². The van der Waals surface area contributed by atoms with Crippen LogP contribution in [0.15, 0.2) is 28.7 Å². The minimum atomic E-state index is -0.763. The first kappa shape index (κ1) is 13.4. The highest BCUT2D eigenvalue weighted by molar-refractivity contribution is 9.10. The Bertz CT molecular complexity index is 553. The van der Waals surface area contributed by atoms with E-state index < -0.39 is 6.10 Å². The fourth-order valence-corrected chi connectivity index (χ4v) is 3.59. The molecule has 17 heavy (non-hydrogen) atoms. The predicted molar refractivity (Wildman–Crippen MR) is 77.3 cm³/mol. The molecule has 1 aromatic carbocycles. The Morgan fingerprint density at radius 2 is 2.00 bits per heavy atom. The molecule has 0 radical (unpaired) electrons. The van der Waals surface area contributed by atoms with Gasteiger partial charge in [-0.2, -0.15) is 0 Å². The summed E-state index contributed by atoms with van der Waals surface area (Å²) in [5.74, 6) is 0. The summed E-state index contributed by atoms with van der Waals surface area (Å²) in [5, 5.41) is 10.3. The van der Waals surface area contributed by atoms with E-state index in [2.05, 4.69) is 15.9 Å². The second-order valence-corrected chi connectivity index (χ2v) is 6.74. The first-order chi connectivity index (χ1) is 8.00. The molecule has 1 aromatic heterocycles. The van der Waals surface area contributed by atoms with Gasteiger partial charge in [0.05, 0.1) is 4.34 Å². The van der Waals surface area contributed by atoms with Gasteiger partial charge in [-0.1, -0.05) is 57.3 Å². The lowest BCUT2D eigenvalue weighted by Gasteiger charge is -2.13. The van der Waals surface area contributed by atoms with Gasteiger partial charge in [-0.15, -0.1) is 11.3 Å². The van der Waals surface area contributed by atoms with Crippen LogP contribution in [-0.4, -0.2) is 5.11 Å². The molecule has 90 valence electrons. The number of aliphatic hydroxyl groups excluding tert-OH is 1. The maximum atomic E-state index is 10.3. The Morgan fingerprint density at radius 3 is 2.59 bits per heavy atom. The van der Waals surface area contributed by atoms with Gasteiger partial charge in [-0.3, -0.25) is 0 Å². The highest BCUT2D eigenvalue weighted by Crippen LogP contribution is 2.39. The van der Waals surface area contributed by atoms with Crippen LogP contribution in [0.2, 0.25) is 8.67 Å². The maximum absolute atomic E-state index is 10.3. The Morgan fingerprint density at radius 1 is 1.29 bits per heavy atom. The molecule has 5 heteroatoms. The Labute approximate surface area is 122 Å². The van der Waals surface area contributed by atoms with Crippen LogP contribution in [0.4, 0.5) is 0 Å². The summed E-state index contributed by atoms with van der Waals surface area (Å²) in [7, 11) is 0. The van der Waals surface area contributed by atoms with Crippen molar-refractivity contribution in [1.82, 2.24) is 0 Å². The quantitative estimate of drug-likeness (QED) is 0.787. The molecule has 0 amide bonds. The normalized spacial score (nSPS) is 12.8. The predicted octanol–water partition coefficient (Wildman–Crippen LogP) is 5.21. The van der Waals surface area contributed by atoms with E-state index in [9.17, 15) is 5.11 Å². The van der Waals surface area contributed by atoms with E-state index in [-0.39, 0.29) is 0 Å². The lowest BCUT2D eigenvalue weighted by molar-refractivity contribution is 0.220. The molecule has 1 nitrogen and oxygen atoms in total. The highest BCUT2D eigenvalue weighted by atomic mass is 79.9. The molecule has 2 rings (SSSR count). The van der Waals surface area contributed by atoms with Crippen LogP contribution < -0.4 is 0 Å². The van der Waals surface area contributed by atoms with Gasteiger partial charge in [0, 0.05) is 10.0 Å². The number of benzene rings is 1. The molecule has 0 saturated carbocycles. The third kappa shape index (κ3) is 2.69. The summed E-state index contributed by atoms with van der Waals surface area (Å²) in [6.45, 7) is 1.97. The molecule has 0 saturated heterocycles. The Hall–Kier alpha value is -0.0600. The van der Waals surface area contributed by atoms with Gasteiger partial charge in [-0.05, 0) is 24.1 Å². The Balaban J connectivity index is 2.47. The third-order valence-corrected chi connectivity index (χ3v) is 5.10. The van der Waals surface area contributed by atoms with Crippen LogP contribution >= 0.6 is 50.5 Å². The van der Waals surface area contributed by atoms with E-state index >= 15 is 0 Å². The van der Waals surface area contributed by atoms with Crippen molar-refractivity contribution in [3.8, 4) is 0 Å². The molecule has 0 spiro atoms. The number of halogens is 3. The standard InChI is InChI=1S/C12H9BrCl2OS/c1-6-3-2-4-7(10(6)13)11(16)8-5-9(14)17-12(8)15/h2-5,11,16H,1H3. The molecule has 0 fully saturated rings. The number of hydrogen-bond donors (Lipinski definition) is 1. The largest absolute Gasteiger partial charge is 0.384 e. The average Bonchev–Trinajstić information content (AvgIpc) is 2.61. The van der Waals surface area contributed by atoms with Crippen molar-refractivity contribution in [3.63, 3.8) is 0 Å². The van der Waals surface area contributed by atoms with Crippen LogP contribution in [0.1, 0.15) is 22.8 Å². The van der Waals surface area contributed by atoms with E-state index in [4.69, 9.17) is 23.2 Å². The van der Waals surface area contributed by atoms with Gasteiger partial charge in [0.1, 0.15) is 10.4 Å². The maximum Gasteiger partial charge on any atom is 0.107 e. The molecule has 0 bridgehead atoms. The average molecular weight is 352 g/mol. The Kier molecular flexibility index (Phi) is 4.16. The van der Waals surface area contributed by atoms with Gasteiger partial charge in [0.25, 0.3) is 0 Å².